The Kier molecular flexibility index (Phi) is 5.96. The number of hydrogen-bond acceptors (Lipinski definition) is 6. The third-order valence-electron chi connectivity index (χ3n) is 3.27. The number of aryl methyl sites for hydroxylation is 1. The number of ketones is 1. The smallest absolute Gasteiger partial charge is 0.174 e. The number of thioether (sulfide) groups is 1. The number of aromatic nitrogens is 3. The third-order valence-corrected chi connectivity index (χ3v) is 5.13. The molecular weight excluding hydrogens is 306 g/mol. The Bertz CT molecular complexity index is 594. The minimum atomic E-state index is 0.140. The minimum absolute atomic E-state index is 0.140. The first-order chi connectivity index (χ1) is 10.1. The summed E-state index contributed by atoms with van der Waals surface area (Å²) in [5, 5.41) is 7.71. The Morgan fingerprint density at radius 1 is 1.48 bits per heavy atom. The van der Waals surface area contributed by atoms with Gasteiger partial charge >= 0.3 is 0 Å². The average molecular weight is 325 g/mol. The molecule has 2 aromatic rings. The van der Waals surface area contributed by atoms with Gasteiger partial charge in [0.15, 0.2) is 10.1 Å². The molecule has 2 heterocycles. The Balaban J connectivity index is 2.02. The van der Waals surface area contributed by atoms with Crippen LogP contribution in [0.3, 0.4) is 0 Å². The summed E-state index contributed by atoms with van der Waals surface area (Å²) in [5.41, 5.74) is 4.63. The summed E-state index contributed by atoms with van der Waals surface area (Å²) in [6.07, 6.45) is 0.944. The second kappa shape index (κ2) is 7.72. The van der Waals surface area contributed by atoms with Crippen LogP contribution in [-0.2, 0) is 11.3 Å². The van der Waals surface area contributed by atoms with E-state index in [-0.39, 0.29) is 5.78 Å². The second-order valence-electron chi connectivity index (χ2n) is 4.70. The standard InChI is InChI=1S/C14H19N3O2S2/c1-10-7-12(11(2)17(10)5-4-6-19-3)13(18)8-20-14-16-15-9-21-14/h7,9H,4-6,8H2,1-3H3. The maximum Gasteiger partial charge on any atom is 0.174 e. The van der Waals surface area contributed by atoms with E-state index in [9.17, 15) is 4.79 Å². The highest BCUT2D eigenvalue weighted by Crippen LogP contribution is 2.22. The number of Topliss-reactive ketones (excluding diaryl/α,β-unsaturated/α-hetero) is 1. The molecule has 0 saturated heterocycles. The molecule has 0 N–H and O–H groups in total. The first-order valence-electron chi connectivity index (χ1n) is 6.71. The van der Waals surface area contributed by atoms with Gasteiger partial charge in [-0.15, -0.1) is 10.2 Å². The summed E-state index contributed by atoms with van der Waals surface area (Å²) in [5.74, 6) is 0.540. The van der Waals surface area contributed by atoms with Gasteiger partial charge in [-0.2, -0.15) is 0 Å². The van der Waals surface area contributed by atoms with Crippen molar-refractivity contribution in [3.05, 3.63) is 28.5 Å². The zero-order chi connectivity index (χ0) is 15.2. The van der Waals surface area contributed by atoms with Crippen molar-refractivity contribution in [2.75, 3.05) is 19.5 Å². The predicted molar refractivity (Wildman–Crippen MR) is 85.4 cm³/mol. The number of carbonyl (C=O) groups is 1. The van der Waals surface area contributed by atoms with Gasteiger partial charge in [-0.1, -0.05) is 23.1 Å². The van der Waals surface area contributed by atoms with Crippen molar-refractivity contribution >= 4 is 28.9 Å². The van der Waals surface area contributed by atoms with Crippen molar-refractivity contribution < 1.29 is 9.53 Å². The molecule has 5 nitrogen and oxygen atoms in total. The number of carbonyl (C=O) groups excluding carboxylic acids is 1. The van der Waals surface area contributed by atoms with Crippen molar-refractivity contribution in [2.24, 2.45) is 0 Å². The number of hydrogen-bond donors (Lipinski definition) is 0. The van der Waals surface area contributed by atoms with Crippen LogP contribution in [0.4, 0.5) is 0 Å². The summed E-state index contributed by atoms with van der Waals surface area (Å²) in [6.45, 7) is 5.65. The average Bonchev–Trinajstić information content (AvgIpc) is 3.07. The third kappa shape index (κ3) is 4.15. The summed E-state index contributed by atoms with van der Waals surface area (Å²) >= 11 is 2.90. The summed E-state index contributed by atoms with van der Waals surface area (Å²) in [6, 6.07) is 1.98. The highest BCUT2D eigenvalue weighted by atomic mass is 32.2. The first kappa shape index (κ1) is 16.2. The maximum atomic E-state index is 12.4. The molecule has 0 aliphatic carbocycles. The van der Waals surface area contributed by atoms with Crippen molar-refractivity contribution in [3.63, 3.8) is 0 Å². The van der Waals surface area contributed by atoms with Crippen LogP contribution >= 0.6 is 23.1 Å². The van der Waals surface area contributed by atoms with Crippen LogP contribution in [-0.4, -0.2) is 40.0 Å². The molecule has 2 rings (SSSR count). The van der Waals surface area contributed by atoms with E-state index in [0.717, 1.165) is 40.9 Å². The van der Waals surface area contributed by atoms with Crippen LogP contribution in [0.2, 0.25) is 0 Å². The van der Waals surface area contributed by atoms with Gasteiger partial charge in [0.1, 0.15) is 5.51 Å². The quantitative estimate of drug-likeness (QED) is 0.424. The molecule has 0 unspecified atom stereocenters. The van der Waals surface area contributed by atoms with Crippen molar-refractivity contribution in [1.29, 1.82) is 0 Å². The molecule has 0 atom stereocenters. The fourth-order valence-electron chi connectivity index (χ4n) is 2.23. The SMILES string of the molecule is COCCCn1c(C)cc(C(=O)CSc2nncs2)c1C. The Hall–Kier alpha value is -1.18. The van der Waals surface area contributed by atoms with E-state index in [2.05, 4.69) is 14.8 Å². The molecule has 2 aromatic heterocycles. The van der Waals surface area contributed by atoms with E-state index in [0.29, 0.717) is 5.75 Å². The van der Waals surface area contributed by atoms with Gasteiger partial charge in [-0.05, 0) is 26.3 Å². The first-order valence-corrected chi connectivity index (χ1v) is 8.58. The molecule has 0 aromatic carbocycles. The molecular formula is C14H19N3O2S2. The summed E-state index contributed by atoms with van der Waals surface area (Å²) < 4.78 is 8.10. The lowest BCUT2D eigenvalue weighted by atomic mass is 10.2. The van der Waals surface area contributed by atoms with Gasteiger partial charge in [0.25, 0.3) is 0 Å². The van der Waals surface area contributed by atoms with E-state index in [1.165, 1.54) is 23.1 Å². The van der Waals surface area contributed by atoms with Gasteiger partial charge in [-0.25, -0.2) is 0 Å². The molecule has 0 amide bonds. The van der Waals surface area contributed by atoms with E-state index in [1.54, 1.807) is 12.6 Å². The number of nitrogens with zero attached hydrogens (tertiary/aromatic N) is 3. The number of methoxy groups -OCH3 is 1. The summed E-state index contributed by atoms with van der Waals surface area (Å²) in [4.78, 5) is 12.4. The number of rotatable bonds is 8. The lowest BCUT2D eigenvalue weighted by Gasteiger charge is -2.09. The minimum Gasteiger partial charge on any atom is -0.385 e. The molecule has 0 saturated carbocycles. The Labute approximate surface area is 132 Å². The fourth-order valence-corrected chi connectivity index (χ4v) is 3.60. The maximum absolute atomic E-state index is 12.4. The molecule has 0 bridgehead atoms. The molecule has 0 aliphatic heterocycles. The van der Waals surface area contributed by atoms with E-state index >= 15 is 0 Å². The number of ether oxygens (including phenoxy) is 1. The van der Waals surface area contributed by atoms with Gasteiger partial charge < -0.3 is 9.30 Å². The van der Waals surface area contributed by atoms with E-state index in [1.807, 2.05) is 19.9 Å². The molecule has 0 fully saturated rings. The van der Waals surface area contributed by atoms with Gasteiger partial charge in [0.05, 0.1) is 5.75 Å². The van der Waals surface area contributed by atoms with Crippen molar-refractivity contribution in [2.45, 2.75) is 31.2 Å². The highest BCUT2D eigenvalue weighted by molar-refractivity contribution is 8.01. The molecule has 0 radical (unpaired) electrons. The van der Waals surface area contributed by atoms with Crippen molar-refractivity contribution in [3.8, 4) is 0 Å². The fraction of sp³-hybridized carbons (Fsp3) is 0.500. The molecule has 114 valence electrons. The second-order valence-corrected chi connectivity index (χ2v) is 6.75. The largest absolute Gasteiger partial charge is 0.385 e. The molecule has 21 heavy (non-hydrogen) atoms. The predicted octanol–water partition coefficient (Wildman–Crippen LogP) is 2.97. The zero-order valence-corrected chi connectivity index (χ0v) is 14.1. The lowest BCUT2D eigenvalue weighted by molar-refractivity contribution is 0.102. The van der Waals surface area contributed by atoms with Crippen LogP contribution in [0.15, 0.2) is 15.9 Å². The lowest BCUT2D eigenvalue weighted by Crippen LogP contribution is -2.08. The molecule has 0 aliphatic rings. The summed E-state index contributed by atoms with van der Waals surface area (Å²) in [7, 11) is 1.70. The highest BCUT2D eigenvalue weighted by Gasteiger charge is 2.16. The van der Waals surface area contributed by atoms with Gasteiger partial charge in [-0.3, -0.25) is 4.79 Å². The Morgan fingerprint density at radius 3 is 2.95 bits per heavy atom. The zero-order valence-electron chi connectivity index (χ0n) is 12.5. The van der Waals surface area contributed by atoms with Crippen LogP contribution in [0.5, 0.6) is 0 Å². The normalized spacial score (nSPS) is 11.0. The van der Waals surface area contributed by atoms with Crippen LogP contribution < -0.4 is 0 Å². The molecule has 0 spiro atoms. The Morgan fingerprint density at radius 2 is 2.29 bits per heavy atom. The van der Waals surface area contributed by atoms with Gasteiger partial charge in [0.2, 0.25) is 0 Å². The van der Waals surface area contributed by atoms with Crippen LogP contribution in [0.1, 0.15) is 28.2 Å². The monoisotopic (exact) mass is 325 g/mol. The van der Waals surface area contributed by atoms with E-state index in [4.69, 9.17) is 4.74 Å². The van der Waals surface area contributed by atoms with Crippen LogP contribution in [0, 0.1) is 13.8 Å². The van der Waals surface area contributed by atoms with Crippen LogP contribution in [0.25, 0.3) is 0 Å². The molecule has 7 heteroatoms. The van der Waals surface area contributed by atoms with E-state index < -0.39 is 0 Å². The van der Waals surface area contributed by atoms with Crippen molar-refractivity contribution in [1.82, 2.24) is 14.8 Å². The topological polar surface area (TPSA) is 57.0 Å². The van der Waals surface area contributed by atoms with Gasteiger partial charge in [0, 0.05) is 37.2 Å².